The maximum atomic E-state index is 11.3. The number of nitrogens with two attached hydrogens (primary N) is 1. The van der Waals surface area contributed by atoms with Crippen LogP contribution in [0.4, 0.5) is 5.69 Å². The van der Waals surface area contributed by atoms with Gasteiger partial charge in [-0.05, 0) is 52.4 Å². The third-order valence-corrected chi connectivity index (χ3v) is 3.81. The van der Waals surface area contributed by atoms with Crippen molar-refractivity contribution in [3.63, 3.8) is 0 Å². The van der Waals surface area contributed by atoms with Gasteiger partial charge in [-0.15, -0.1) is 0 Å². The van der Waals surface area contributed by atoms with Crippen molar-refractivity contribution in [3.05, 3.63) is 62.2 Å². The molecule has 0 saturated heterocycles. The molecule has 0 heterocycles. The van der Waals surface area contributed by atoms with E-state index in [1.165, 1.54) is 0 Å². The van der Waals surface area contributed by atoms with Gasteiger partial charge in [-0.2, -0.15) is 0 Å². The first kappa shape index (κ1) is 14.1. The summed E-state index contributed by atoms with van der Waals surface area (Å²) in [6.07, 6.45) is 0. The van der Waals surface area contributed by atoms with Crippen LogP contribution in [0.5, 0.6) is 0 Å². The summed E-state index contributed by atoms with van der Waals surface area (Å²) in [6.45, 7) is 0.538. The van der Waals surface area contributed by atoms with Crippen LogP contribution in [0, 0.1) is 3.57 Å². The number of hydrogen-bond donors (Lipinski definition) is 2. The highest BCUT2D eigenvalue weighted by Gasteiger charge is 2.07. The molecule has 0 aromatic heterocycles. The van der Waals surface area contributed by atoms with Gasteiger partial charge >= 0.3 is 0 Å². The second kappa shape index (κ2) is 6.25. The Morgan fingerprint density at radius 2 is 2.00 bits per heavy atom. The number of anilines is 1. The number of benzene rings is 2. The van der Waals surface area contributed by atoms with Crippen LogP contribution in [0.1, 0.15) is 15.9 Å². The van der Waals surface area contributed by atoms with Gasteiger partial charge in [0.2, 0.25) is 5.91 Å². The van der Waals surface area contributed by atoms with Crippen molar-refractivity contribution in [2.24, 2.45) is 5.73 Å². The largest absolute Gasteiger partial charge is 0.380 e. The van der Waals surface area contributed by atoms with Crippen molar-refractivity contribution >= 4 is 45.8 Å². The molecular weight excluding hydrogens is 375 g/mol. The number of carbonyl (C=O) groups excluding carboxylic acids is 1. The standard InChI is InChI=1S/C14H12ClIN2O/c15-10-5-6-13(12(16)7-10)18-8-9-3-1-2-4-11(9)14(17)19/h1-7,18H,8H2,(H2,17,19). The first-order valence-electron chi connectivity index (χ1n) is 5.64. The molecule has 0 unspecified atom stereocenters. The van der Waals surface area contributed by atoms with Gasteiger partial charge in [0, 0.05) is 26.4 Å². The first-order valence-corrected chi connectivity index (χ1v) is 7.10. The fraction of sp³-hybridized carbons (Fsp3) is 0.0714. The molecule has 2 aromatic carbocycles. The number of hydrogen-bond acceptors (Lipinski definition) is 2. The van der Waals surface area contributed by atoms with Crippen LogP contribution >= 0.6 is 34.2 Å². The Morgan fingerprint density at radius 1 is 1.26 bits per heavy atom. The second-order valence-corrected chi connectivity index (χ2v) is 5.60. The van der Waals surface area contributed by atoms with E-state index in [0.717, 1.165) is 14.8 Å². The van der Waals surface area contributed by atoms with E-state index in [1.54, 1.807) is 12.1 Å². The van der Waals surface area contributed by atoms with Gasteiger partial charge in [0.25, 0.3) is 0 Å². The Labute approximate surface area is 130 Å². The summed E-state index contributed by atoms with van der Waals surface area (Å²) in [5.41, 5.74) is 7.74. The smallest absolute Gasteiger partial charge is 0.249 e. The average molecular weight is 387 g/mol. The summed E-state index contributed by atoms with van der Waals surface area (Å²) in [5, 5.41) is 3.98. The summed E-state index contributed by atoms with van der Waals surface area (Å²) in [6, 6.07) is 12.9. The van der Waals surface area contributed by atoms with Crippen LogP contribution in [-0.4, -0.2) is 5.91 Å². The second-order valence-electron chi connectivity index (χ2n) is 4.00. The molecule has 5 heteroatoms. The zero-order valence-electron chi connectivity index (χ0n) is 9.99. The number of carbonyl (C=O) groups is 1. The molecule has 3 N–H and O–H groups in total. The van der Waals surface area contributed by atoms with Gasteiger partial charge in [-0.1, -0.05) is 29.8 Å². The highest BCUT2D eigenvalue weighted by molar-refractivity contribution is 14.1. The number of primary amides is 1. The van der Waals surface area contributed by atoms with E-state index in [2.05, 4.69) is 27.9 Å². The monoisotopic (exact) mass is 386 g/mol. The van der Waals surface area contributed by atoms with Crippen LogP contribution in [-0.2, 0) is 6.54 Å². The molecular formula is C14H12ClIN2O. The minimum atomic E-state index is -0.414. The minimum Gasteiger partial charge on any atom is -0.380 e. The normalized spacial score (nSPS) is 10.2. The molecule has 19 heavy (non-hydrogen) atoms. The van der Waals surface area contributed by atoms with E-state index in [4.69, 9.17) is 17.3 Å². The molecule has 2 aromatic rings. The van der Waals surface area contributed by atoms with Gasteiger partial charge in [0.1, 0.15) is 0 Å². The molecule has 0 aliphatic rings. The highest BCUT2D eigenvalue weighted by atomic mass is 127. The third-order valence-electron chi connectivity index (χ3n) is 2.68. The topological polar surface area (TPSA) is 55.1 Å². The van der Waals surface area contributed by atoms with E-state index >= 15 is 0 Å². The lowest BCUT2D eigenvalue weighted by Crippen LogP contribution is -2.15. The number of rotatable bonds is 4. The molecule has 0 aliphatic heterocycles. The molecule has 98 valence electrons. The van der Waals surface area contributed by atoms with Gasteiger partial charge < -0.3 is 11.1 Å². The molecule has 0 bridgehead atoms. The summed E-state index contributed by atoms with van der Waals surface area (Å²) in [7, 11) is 0. The molecule has 0 atom stereocenters. The number of halogens is 2. The predicted octanol–water partition coefficient (Wildman–Crippen LogP) is 3.66. The van der Waals surface area contributed by atoms with E-state index < -0.39 is 5.91 Å². The third kappa shape index (κ3) is 3.61. The lowest BCUT2D eigenvalue weighted by atomic mass is 10.1. The minimum absolute atomic E-state index is 0.414. The Kier molecular flexibility index (Phi) is 4.66. The predicted molar refractivity (Wildman–Crippen MR) is 86.5 cm³/mol. The molecule has 3 nitrogen and oxygen atoms in total. The van der Waals surface area contributed by atoms with Gasteiger partial charge in [0.05, 0.1) is 0 Å². The van der Waals surface area contributed by atoms with Gasteiger partial charge in [-0.25, -0.2) is 0 Å². The van der Waals surface area contributed by atoms with Crippen LogP contribution in [0.2, 0.25) is 5.02 Å². The van der Waals surface area contributed by atoms with Crippen LogP contribution < -0.4 is 11.1 Å². The summed E-state index contributed by atoms with van der Waals surface area (Å²) in [5.74, 6) is -0.414. The Hall–Kier alpha value is -1.27. The Bertz CT molecular complexity index is 616. The SMILES string of the molecule is NC(=O)c1ccccc1CNc1ccc(Cl)cc1I. The Balaban J connectivity index is 2.17. The highest BCUT2D eigenvalue weighted by Crippen LogP contribution is 2.23. The molecule has 0 saturated carbocycles. The average Bonchev–Trinajstić information content (AvgIpc) is 2.38. The van der Waals surface area contributed by atoms with Crippen LogP contribution in [0.3, 0.4) is 0 Å². The maximum Gasteiger partial charge on any atom is 0.249 e. The van der Waals surface area contributed by atoms with Crippen LogP contribution in [0.25, 0.3) is 0 Å². The van der Waals surface area contributed by atoms with E-state index in [-0.39, 0.29) is 0 Å². The molecule has 0 radical (unpaired) electrons. The van der Waals surface area contributed by atoms with Crippen molar-refractivity contribution in [2.45, 2.75) is 6.54 Å². The fourth-order valence-electron chi connectivity index (χ4n) is 1.74. The van der Waals surface area contributed by atoms with Crippen molar-refractivity contribution in [1.29, 1.82) is 0 Å². The quantitative estimate of drug-likeness (QED) is 0.788. The molecule has 0 aliphatic carbocycles. The summed E-state index contributed by atoms with van der Waals surface area (Å²) >= 11 is 8.12. The number of nitrogens with one attached hydrogen (secondary N) is 1. The van der Waals surface area contributed by atoms with E-state index in [1.807, 2.05) is 30.3 Å². The summed E-state index contributed by atoms with van der Waals surface area (Å²) in [4.78, 5) is 11.3. The molecule has 0 fully saturated rings. The van der Waals surface area contributed by atoms with Crippen molar-refractivity contribution in [3.8, 4) is 0 Å². The summed E-state index contributed by atoms with van der Waals surface area (Å²) < 4.78 is 1.03. The zero-order valence-corrected chi connectivity index (χ0v) is 12.9. The zero-order chi connectivity index (χ0) is 13.8. The molecule has 0 spiro atoms. The lowest BCUT2D eigenvalue weighted by Gasteiger charge is -2.11. The number of amides is 1. The van der Waals surface area contributed by atoms with E-state index in [0.29, 0.717) is 17.1 Å². The maximum absolute atomic E-state index is 11.3. The molecule has 2 rings (SSSR count). The van der Waals surface area contributed by atoms with Gasteiger partial charge in [0.15, 0.2) is 0 Å². The van der Waals surface area contributed by atoms with Crippen LogP contribution in [0.15, 0.2) is 42.5 Å². The van der Waals surface area contributed by atoms with Crippen molar-refractivity contribution < 1.29 is 4.79 Å². The van der Waals surface area contributed by atoms with Crippen molar-refractivity contribution in [2.75, 3.05) is 5.32 Å². The van der Waals surface area contributed by atoms with Crippen molar-refractivity contribution in [1.82, 2.24) is 0 Å². The lowest BCUT2D eigenvalue weighted by molar-refractivity contribution is 0.0999. The first-order chi connectivity index (χ1) is 9.08. The van der Waals surface area contributed by atoms with E-state index in [9.17, 15) is 4.79 Å². The molecule has 1 amide bonds. The van der Waals surface area contributed by atoms with Gasteiger partial charge in [-0.3, -0.25) is 4.79 Å². The fourth-order valence-corrected chi connectivity index (χ4v) is 2.80. The Morgan fingerprint density at radius 3 is 2.68 bits per heavy atom.